The van der Waals surface area contributed by atoms with Crippen molar-refractivity contribution >= 4 is 32.7 Å². The molecule has 15 heavy (non-hydrogen) atoms. The third-order valence-corrected chi connectivity index (χ3v) is 3.94. The van der Waals surface area contributed by atoms with E-state index in [0.717, 1.165) is 4.47 Å². The van der Waals surface area contributed by atoms with E-state index in [1.54, 1.807) is 26.0 Å². The van der Waals surface area contributed by atoms with E-state index in [1.165, 1.54) is 6.07 Å². The number of halogens is 1. The van der Waals surface area contributed by atoms with Crippen LogP contribution in [-0.2, 0) is 10.8 Å². The molecule has 1 unspecified atom stereocenters. The van der Waals surface area contributed by atoms with E-state index in [1.807, 2.05) is 0 Å². The highest BCUT2D eigenvalue weighted by Crippen LogP contribution is 2.22. The van der Waals surface area contributed by atoms with Crippen molar-refractivity contribution in [3.8, 4) is 0 Å². The molecule has 3 nitrogen and oxygen atoms in total. The SMILES string of the molecule is CC(C)S(=O)c1cc(Br)ccc1C(=O)O. The Labute approximate surface area is 99.1 Å². The Bertz CT molecular complexity index is 415. The first-order valence-electron chi connectivity index (χ1n) is 4.37. The highest BCUT2D eigenvalue weighted by atomic mass is 79.9. The van der Waals surface area contributed by atoms with Crippen molar-refractivity contribution in [2.24, 2.45) is 0 Å². The van der Waals surface area contributed by atoms with Gasteiger partial charge >= 0.3 is 5.97 Å². The lowest BCUT2D eigenvalue weighted by Crippen LogP contribution is -2.11. The fourth-order valence-electron chi connectivity index (χ4n) is 1.09. The molecule has 0 fully saturated rings. The fourth-order valence-corrected chi connectivity index (χ4v) is 2.73. The number of hydrogen-bond acceptors (Lipinski definition) is 2. The van der Waals surface area contributed by atoms with Gasteiger partial charge in [-0.2, -0.15) is 0 Å². The molecule has 1 atom stereocenters. The first-order valence-corrected chi connectivity index (χ1v) is 6.37. The molecule has 0 aliphatic heterocycles. The Morgan fingerprint density at radius 2 is 2.07 bits per heavy atom. The molecule has 1 N–H and O–H groups in total. The van der Waals surface area contributed by atoms with Crippen molar-refractivity contribution in [3.05, 3.63) is 28.2 Å². The number of carboxylic acids is 1. The third kappa shape index (κ3) is 2.89. The van der Waals surface area contributed by atoms with E-state index < -0.39 is 16.8 Å². The fraction of sp³-hybridized carbons (Fsp3) is 0.300. The molecule has 0 saturated carbocycles. The minimum absolute atomic E-state index is 0.0996. The lowest BCUT2D eigenvalue weighted by Gasteiger charge is -2.09. The van der Waals surface area contributed by atoms with Gasteiger partial charge in [0, 0.05) is 9.72 Å². The first-order chi connectivity index (χ1) is 6.93. The molecule has 82 valence electrons. The molecule has 5 heteroatoms. The topological polar surface area (TPSA) is 54.4 Å². The average molecular weight is 291 g/mol. The zero-order valence-corrected chi connectivity index (χ0v) is 10.8. The van der Waals surface area contributed by atoms with E-state index in [9.17, 15) is 9.00 Å². The van der Waals surface area contributed by atoms with Crippen molar-refractivity contribution in [2.45, 2.75) is 24.0 Å². The van der Waals surface area contributed by atoms with Crippen LogP contribution < -0.4 is 0 Å². The van der Waals surface area contributed by atoms with Crippen molar-refractivity contribution in [3.63, 3.8) is 0 Å². The highest BCUT2D eigenvalue weighted by molar-refractivity contribution is 9.10. The number of benzene rings is 1. The molecular formula is C10H11BrO3S. The molecular weight excluding hydrogens is 280 g/mol. The minimum Gasteiger partial charge on any atom is -0.478 e. The van der Waals surface area contributed by atoms with Gasteiger partial charge < -0.3 is 5.11 Å². The quantitative estimate of drug-likeness (QED) is 0.931. The van der Waals surface area contributed by atoms with Crippen LogP contribution >= 0.6 is 15.9 Å². The number of carbonyl (C=O) groups is 1. The minimum atomic E-state index is -1.29. The maximum Gasteiger partial charge on any atom is 0.336 e. The van der Waals surface area contributed by atoms with Crippen LogP contribution in [0.3, 0.4) is 0 Å². The molecule has 0 radical (unpaired) electrons. The first kappa shape index (κ1) is 12.4. The molecule has 0 bridgehead atoms. The van der Waals surface area contributed by atoms with Crippen LogP contribution in [0.4, 0.5) is 0 Å². The molecule has 0 amide bonds. The maximum atomic E-state index is 11.8. The smallest absolute Gasteiger partial charge is 0.336 e. The summed E-state index contributed by atoms with van der Waals surface area (Å²) in [7, 11) is -1.29. The summed E-state index contributed by atoms with van der Waals surface area (Å²) in [5.41, 5.74) is 0.102. The van der Waals surface area contributed by atoms with Crippen LogP contribution in [0.1, 0.15) is 24.2 Å². The summed E-state index contributed by atoms with van der Waals surface area (Å²) in [6.45, 7) is 3.59. The summed E-state index contributed by atoms with van der Waals surface area (Å²) >= 11 is 3.24. The Morgan fingerprint density at radius 3 is 2.53 bits per heavy atom. The summed E-state index contributed by atoms with van der Waals surface area (Å²) in [6, 6.07) is 4.69. The zero-order chi connectivity index (χ0) is 11.6. The summed E-state index contributed by atoms with van der Waals surface area (Å²) < 4.78 is 12.6. The summed E-state index contributed by atoms with van der Waals surface area (Å²) in [6.07, 6.45) is 0. The van der Waals surface area contributed by atoms with Crippen LogP contribution in [0.25, 0.3) is 0 Å². The van der Waals surface area contributed by atoms with E-state index in [4.69, 9.17) is 5.11 Å². The van der Waals surface area contributed by atoms with Crippen molar-refractivity contribution in [2.75, 3.05) is 0 Å². The Hall–Kier alpha value is -0.680. The number of aromatic carboxylic acids is 1. The molecule has 0 saturated heterocycles. The predicted octanol–water partition coefficient (Wildman–Crippen LogP) is 2.66. The van der Waals surface area contributed by atoms with Crippen molar-refractivity contribution in [1.29, 1.82) is 0 Å². The van der Waals surface area contributed by atoms with Gasteiger partial charge in [0.25, 0.3) is 0 Å². The third-order valence-electron chi connectivity index (χ3n) is 1.82. The molecule has 1 rings (SSSR count). The Morgan fingerprint density at radius 1 is 1.47 bits per heavy atom. The monoisotopic (exact) mass is 290 g/mol. The average Bonchev–Trinajstić information content (AvgIpc) is 2.15. The van der Waals surface area contributed by atoms with Gasteiger partial charge in [0.2, 0.25) is 0 Å². The second-order valence-corrected chi connectivity index (χ2v) is 6.18. The van der Waals surface area contributed by atoms with Crippen LogP contribution in [0.2, 0.25) is 0 Å². The number of rotatable bonds is 3. The summed E-state index contributed by atoms with van der Waals surface area (Å²) in [5, 5.41) is 8.84. The normalized spacial score (nSPS) is 12.8. The largest absolute Gasteiger partial charge is 0.478 e. The van der Waals surface area contributed by atoms with Gasteiger partial charge in [-0.15, -0.1) is 0 Å². The van der Waals surface area contributed by atoms with Gasteiger partial charge in [0.05, 0.1) is 21.3 Å². The molecule has 0 aliphatic rings. The van der Waals surface area contributed by atoms with Gasteiger partial charge in [0.15, 0.2) is 0 Å². The lowest BCUT2D eigenvalue weighted by molar-refractivity contribution is 0.0693. The standard InChI is InChI=1S/C10H11BrO3S/c1-6(2)15(14)9-5-7(11)3-4-8(9)10(12)13/h3-6H,1-2H3,(H,12,13). The van der Waals surface area contributed by atoms with Crippen LogP contribution in [0, 0.1) is 0 Å². The molecule has 1 aromatic rings. The second kappa shape index (κ2) is 4.90. The van der Waals surface area contributed by atoms with Crippen LogP contribution in [0.15, 0.2) is 27.6 Å². The second-order valence-electron chi connectivity index (χ2n) is 3.29. The van der Waals surface area contributed by atoms with E-state index in [-0.39, 0.29) is 10.8 Å². The number of carboxylic acid groups (broad SMARTS) is 1. The predicted molar refractivity (Wildman–Crippen MR) is 62.6 cm³/mol. The molecule has 0 spiro atoms. The molecule has 0 aliphatic carbocycles. The Balaban J connectivity index is 3.30. The van der Waals surface area contributed by atoms with Crippen molar-refractivity contribution in [1.82, 2.24) is 0 Å². The van der Waals surface area contributed by atoms with E-state index in [0.29, 0.717) is 4.90 Å². The van der Waals surface area contributed by atoms with Gasteiger partial charge in [-0.1, -0.05) is 29.8 Å². The molecule has 1 aromatic carbocycles. The zero-order valence-electron chi connectivity index (χ0n) is 8.36. The van der Waals surface area contributed by atoms with E-state index >= 15 is 0 Å². The van der Waals surface area contributed by atoms with Crippen LogP contribution in [-0.4, -0.2) is 20.5 Å². The van der Waals surface area contributed by atoms with Crippen LogP contribution in [0.5, 0.6) is 0 Å². The number of hydrogen-bond donors (Lipinski definition) is 1. The maximum absolute atomic E-state index is 11.8. The van der Waals surface area contributed by atoms with Gasteiger partial charge in [-0.05, 0) is 18.2 Å². The van der Waals surface area contributed by atoms with Gasteiger partial charge in [-0.25, -0.2) is 4.79 Å². The van der Waals surface area contributed by atoms with Gasteiger partial charge in [0.1, 0.15) is 0 Å². The summed E-state index contributed by atoms with van der Waals surface area (Å²) in [5.74, 6) is -1.05. The van der Waals surface area contributed by atoms with Gasteiger partial charge in [-0.3, -0.25) is 4.21 Å². The summed E-state index contributed by atoms with van der Waals surface area (Å²) in [4.78, 5) is 11.3. The molecule has 0 aromatic heterocycles. The lowest BCUT2D eigenvalue weighted by atomic mass is 10.2. The van der Waals surface area contributed by atoms with E-state index in [2.05, 4.69) is 15.9 Å². The Kier molecular flexibility index (Phi) is 4.04. The highest BCUT2D eigenvalue weighted by Gasteiger charge is 2.17. The van der Waals surface area contributed by atoms with Crippen molar-refractivity contribution < 1.29 is 14.1 Å². The molecule has 0 heterocycles.